The Morgan fingerprint density at radius 3 is 2.94 bits per heavy atom. The number of hydrogen-bond acceptors (Lipinski definition) is 3. The quantitative estimate of drug-likeness (QED) is 0.719. The standard InChI is InChI=1S/C12H10ClN3O/c1-16-6-7(12-9(14)5-15-17-12)11-8(13)3-2-4-10(11)16/h2-6H,14H2,1H3. The van der Waals surface area contributed by atoms with Crippen LogP contribution in [0.4, 0.5) is 5.69 Å². The van der Waals surface area contributed by atoms with Gasteiger partial charge in [0.15, 0.2) is 5.76 Å². The molecule has 0 aliphatic rings. The van der Waals surface area contributed by atoms with Crippen LogP contribution in [-0.4, -0.2) is 9.72 Å². The second-order valence-electron chi connectivity index (χ2n) is 3.90. The molecule has 17 heavy (non-hydrogen) atoms. The summed E-state index contributed by atoms with van der Waals surface area (Å²) in [5, 5.41) is 5.30. The van der Waals surface area contributed by atoms with Gasteiger partial charge in [0.05, 0.1) is 16.7 Å². The van der Waals surface area contributed by atoms with Crippen LogP contribution in [0.2, 0.25) is 5.02 Å². The van der Waals surface area contributed by atoms with Gasteiger partial charge in [-0.3, -0.25) is 0 Å². The summed E-state index contributed by atoms with van der Waals surface area (Å²) < 4.78 is 7.16. The first-order chi connectivity index (χ1) is 8.18. The molecule has 0 bridgehead atoms. The van der Waals surface area contributed by atoms with Crippen molar-refractivity contribution in [3.63, 3.8) is 0 Å². The van der Waals surface area contributed by atoms with E-state index in [1.54, 1.807) is 0 Å². The van der Waals surface area contributed by atoms with E-state index in [1.807, 2.05) is 36.0 Å². The number of hydrogen-bond donors (Lipinski definition) is 1. The van der Waals surface area contributed by atoms with Gasteiger partial charge in [-0.25, -0.2) is 0 Å². The zero-order valence-electron chi connectivity index (χ0n) is 9.14. The van der Waals surface area contributed by atoms with Crippen molar-refractivity contribution in [1.29, 1.82) is 0 Å². The molecule has 0 aliphatic heterocycles. The summed E-state index contributed by atoms with van der Waals surface area (Å²) in [5.41, 5.74) is 8.22. The van der Waals surface area contributed by atoms with Crippen LogP contribution in [-0.2, 0) is 7.05 Å². The number of rotatable bonds is 1. The fourth-order valence-electron chi connectivity index (χ4n) is 2.03. The molecule has 0 fully saturated rings. The molecule has 4 nitrogen and oxygen atoms in total. The minimum absolute atomic E-state index is 0.511. The zero-order valence-corrected chi connectivity index (χ0v) is 9.90. The molecule has 3 aromatic rings. The molecule has 0 saturated heterocycles. The van der Waals surface area contributed by atoms with Gasteiger partial charge in [0.25, 0.3) is 0 Å². The molecule has 86 valence electrons. The molecule has 5 heteroatoms. The van der Waals surface area contributed by atoms with Crippen LogP contribution in [0.1, 0.15) is 0 Å². The number of benzene rings is 1. The van der Waals surface area contributed by atoms with Crippen molar-refractivity contribution in [1.82, 2.24) is 9.72 Å². The van der Waals surface area contributed by atoms with Crippen LogP contribution in [0.25, 0.3) is 22.2 Å². The van der Waals surface area contributed by atoms with Crippen molar-refractivity contribution >= 4 is 28.2 Å². The summed E-state index contributed by atoms with van der Waals surface area (Å²) in [5.74, 6) is 0.559. The van der Waals surface area contributed by atoms with Crippen molar-refractivity contribution in [3.05, 3.63) is 35.6 Å². The lowest BCUT2D eigenvalue weighted by atomic mass is 10.1. The molecule has 0 aliphatic carbocycles. The highest BCUT2D eigenvalue weighted by Crippen LogP contribution is 2.37. The molecule has 0 unspecified atom stereocenters. The van der Waals surface area contributed by atoms with Gasteiger partial charge in [-0.15, -0.1) is 0 Å². The highest BCUT2D eigenvalue weighted by molar-refractivity contribution is 6.36. The maximum Gasteiger partial charge on any atom is 0.191 e. The zero-order chi connectivity index (χ0) is 12.0. The number of fused-ring (bicyclic) bond motifs is 1. The number of nitrogens with zero attached hydrogens (tertiary/aromatic N) is 2. The lowest BCUT2D eigenvalue weighted by Gasteiger charge is -1.98. The van der Waals surface area contributed by atoms with Crippen LogP contribution in [0.15, 0.2) is 35.1 Å². The summed E-state index contributed by atoms with van der Waals surface area (Å²) in [6, 6.07) is 5.76. The van der Waals surface area contributed by atoms with Crippen molar-refractivity contribution in [2.24, 2.45) is 7.05 Å². The van der Waals surface area contributed by atoms with E-state index in [0.29, 0.717) is 16.5 Å². The topological polar surface area (TPSA) is 57.0 Å². The van der Waals surface area contributed by atoms with E-state index < -0.39 is 0 Å². The third kappa shape index (κ3) is 1.41. The van der Waals surface area contributed by atoms with E-state index in [0.717, 1.165) is 16.5 Å². The van der Waals surface area contributed by atoms with Crippen molar-refractivity contribution < 1.29 is 4.52 Å². The first-order valence-corrected chi connectivity index (χ1v) is 5.50. The number of anilines is 1. The molecular formula is C12H10ClN3O. The minimum atomic E-state index is 0.511. The molecule has 0 atom stereocenters. The van der Waals surface area contributed by atoms with E-state index in [2.05, 4.69) is 5.16 Å². The van der Waals surface area contributed by atoms with Gasteiger partial charge in [0.1, 0.15) is 5.69 Å². The maximum absolute atomic E-state index is 6.23. The van der Waals surface area contributed by atoms with Gasteiger partial charge in [-0.1, -0.05) is 22.8 Å². The number of aromatic nitrogens is 2. The van der Waals surface area contributed by atoms with Gasteiger partial charge < -0.3 is 14.8 Å². The summed E-state index contributed by atoms with van der Waals surface area (Å²) in [7, 11) is 1.95. The Kier molecular flexibility index (Phi) is 2.12. The predicted molar refractivity (Wildman–Crippen MR) is 67.8 cm³/mol. The lowest BCUT2D eigenvalue weighted by Crippen LogP contribution is -1.84. The molecule has 0 radical (unpaired) electrons. The summed E-state index contributed by atoms with van der Waals surface area (Å²) >= 11 is 6.23. The van der Waals surface area contributed by atoms with E-state index in [9.17, 15) is 0 Å². The van der Waals surface area contributed by atoms with Gasteiger partial charge in [0.2, 0.25) is 0 Å². The number of halogens is 1. The first kappa shape index (κ1) is 10.2. The number of nitrogens with two attached hydrogens (primary N) is 1. The average molecular weight is 248 g/mol. The third-order valence-electron chi connectivity index (χ3n) is 2.81. The van der Waals surface area contributed by atoms with Gasteiger partial charge in [0, 0.05) is 24.2 Å². The molecule has 2 N–H and O–H groups in total. The second kappa shape index (κ2) is 3.53. The first-order valence-electron chi connectivity index (χ1n) is 5.12. The molecular weight excluding hydrogens is 238 g/mol. The third-order valence-corrected chi connectivity index (χ3v) is 3.12. The van der Waals surface area contributed by atoms with E-state index >= 15 is 0 Å². The Morgan fingerprint density at radius 1 is 1.41 bits per heavy atom. The van der Waals surface area contributed by atoms with Crippen molar-refractivity contribution in [3.8, 4) is 11.3 Å². The summed E-state index contributed by atoms with van der Waals surface area (Å²) in [4.78, 5) is 0. The highest BCUT2D eigenvalue weighted by Gasteiger charge is 2.16. The van der Waals surface area contributed by atoms with E-state index in [4.69, 9.17) is 21.9 Å². The van der Waals surface area contributed by atoms with Crippen LogP contribution in [0, 0.1) is 0 Å². The minimum Gasteiger partial charge on any atom is -0.394 e. The molecule has 0 saturated carbocycles. The molecule has 0 amide bonds. The SMILES string of the molecule is Cn1cc(-c2oncc2N)c2c(Cl)cccc21. The predicted octanol–water partition coefficient (Wildman–Crippen LogP) is 3.07. The number of nitrogen functional groups attached to an aromatic ring is 1. The summed E-state index contributed by atoms with van der Waals surface area (Å²) in [6.45, 7) is 0. The molecule has 1 aromatic carbocycles. The fourth-order valence-corrected chi connectivity index (χ4v) is 2.30. The highest BCUT2D eigenvalue weighted by atomic mass is 35.5. The Labute approximate surface area is 103 Å². The van der Waals surface area contributed by atoms with Crippen LogP contribution < -0.4 is 5.73 Å². The largest absolute Gasteiger partial charge is 0.394 e. The van der Waals surface area contributed by atoms with Crippen molar-refractivity contribution in [2.45, 2.75) is 0 Å². The Bertz CT molecular complexity index is 699. The van der Waals surface area contributed by atoms with Gasteiger partial charge in [-0.05, 0) is 12.1 Å². The smallest absolute Gasteiger partial charge is 0.191 e. The molecule has 2 heterocycles. The van der Waals surface area contributed by atoms with Crippen LogP contribution in [0.3, 0.4) is 0 Å². The Morgan fingerprint density at radius 2 is 2.24 bits per heavy atom. The second-order valence-corrected chi connectivity index (χ2v) is 4.31. The normalized spacial score (nSPS) is 11.2. The Hall–Kier alpha value is -1.94. The van der Waals surface area contributed by atoms with E-state index in [1.165, 1.54) is 6.20 Å². The van der Waals surface area contributed by atoms with E-state index in [-0.39, 0.29) is 0 Å². The number of aryl methyl sites for hydroxylation is 1. The molecule has 2 aromatic heterocycles. The fraction of sp³-hybridized carbons (Fsp3) is 0.0833. The molecule has 3 rings (SSSR count). The van der Waals surface area contributed by atoms with Gasteiger partial charge >= 0.3 is 0 Å². The molecule has 0 spiro atoms. The summed E-state index contributed by atoms with van der Waals surface area (Å²) in [6.07, 6.45) is 3.43. The van der Waals surface area contributed by atoms with Crippen molar-refractivity contribution in [2.75, 3.05) is 5.73 Å². The monoisotopic (exact) mass is 247 g/mol. The Balaban J connectivity index is 2.42. The maximum atomic E-state index is 6.23. The average Bonchev–Trinajstić information content (AvgIpc) is 2.85. The lowest BCUT2D eigenvalue weighted by molar-refractivity contribution is 0.433. The van der Waals surface area contributed by atoms with Crippen LogP contribution in [0.5, 0.6) is 0 Å². The van der Waals surface area contributed by atoms with Gasteiger partial charge in [-0.2, -0.15) is 0 Å². The van der Waals surface area contributed by atoms with Crippen LogP contribution >= 0.6 is 11.6 Å².